The molecule has 2 aromatic carbocycles. The fraction of sp³-hybridized carbons (Fsp3) is 0.531. The molecule has 1 amide bonds. The monoisotopic (exact) mass is 614 g/mol. The lowest BCUT2D eigenvalue weighted by Crippen LogP contribution is -2.43. The van der Waals surface area contributed by atoms with Crippen LogP contribution in [0, 0.1) is 17.8 Å². The number of hydrogen-bond acceptors (Lipinski definition) is 7. The number of halogens is 1. The summed E-state index contributed by atoms with van der Waals surface area (Å²) in [7, 11) is -4.05. The minimum Gasteiger partial charge on any atom is -0.487 e. The lowest BCUT2D eigenvalue weighted by Gasteiger charge is -2.42. The number of aliphatic hydroxyl groups is 2. The van der Waals surface area contributed by atoms with Gasteiger partial charge in [-0.2, -0.15) is 0 Å². The van der Waals surface area contributed by atoms with Gasteiger partial charge in [0.1, 0.15) is 12.4 Å². The Kier molecular flexibility index (Phi) is 8.56. The zero-order chi connectivity index (χ0) is 29.4. The molecular formula is C32H39ClN2O6S. The number of carbonyl (C=O) groups is 1. The molecule has 2 fully saturated rings. The van der Waals surface area contributed by atoms with Gasteiger partial charge in [0, 0.05) is 23.7 Å². The van der Waals surface area contributed by atoms with Crippen LogP contribution in [0.4, 0.5) is 5.69 Å². The van der Waals surface area contributed by atoms with Crippen molar-refractivity contribution in [3.05, 3.63) is 70.3 Å². The van der Waals surface area contributed by atoms with Crippen molar-refractivity contribution in [2.24, 2.45) is 17.8 Å². The van der Waals surface area contributed by atoms with E-state index in [2.05, 4.69) is 9.62 Å². The van der Waals surface area contributed by atoms with E-state index in [1.54, 1.807) is 24.3 Å². The van der Waals surface area contributed by atoms with E-state index in [9.17, 15) is 23.4 Å². The van der Waals surface area contributed by atoms with Crippen LogP contribution in [0.1, 0.15) is 66.4 Å². The number of nitrogens with zero attached hydrogens (tertiary/aromatic N) is 1. The predicted octanol–water partition coefficient (Wildman–Crippen LogP) is 4.61. The minimum atomic E-state index is -4.05. The molecule has 2 bridgehead atoms. The molecule has 226 valence electrons. The number of nitrogens with one attached hydrogen (secondary N) is 1. The summed E-state index contributed by atoms with van der Waals surface area (Å²) in [5.74, 6) is -0.0398. The van der Waals surface area contributed by atoms with Crippen molar-refractivity contribution in [3.63, 3.8) is 0 Å². The summed E-state index contributed by atoms with van der Waals surface area (Å²) in [4.78, 5) is 15.6. The Morgan fingerprint density at radius 3 is 2.67 bits per heavy atom. The quantitative estimate of drug-likeness (QED) is 0.371. The Morgan fingerprint density at radius 1 is 1.00 bits per heavy atom. The van der Waals surface area contributed by atoms with Gasteiger partial charge in [0.25, 0.3) is 5.91 Å². The zero-order valence-electron chi connectivity index (χ0n) is 23.6. The van der Waals surface area contributed by atoms with E-state index >= 15 is 0 Å². The number of anilines is 1. The summed E-state index contributed by atoms with van der Waals surface area (Å²) in [6.45, 7) is 1.77. The fourth-order valence-electron chi connectivity index (χ4n) is 7.12. The highest BCUT2D eigenvalue weighted by atomic mass is 35.5. The lowest BCUT2D eigenvalue weighted by atomic mass is 9.70. The van der Waals surface area contributed by atoms with Crippen molar-refractivity contribution in [2.45, 2.75) is 75.4 Å². The van der Waals surface area contributed by atoms with Gasteiger partial charge in [-0.25, -0.2) is 13.1 Å². The Labute approximate surface area is 252 Å². The first kappa shape index (κ1) is 29.5. The standard InChI is InChI=1S/C32H39ClN2O6S/c33-25-10-7-24-19-41-30-12-9-22-16-28(30)35(13-2-1-4-20(24)14-25)18-23-8-11-27(23)29(37)6-3-5-21-15-26(36)17-31(21)42(39,40)34-32(22)38/h3,6-7,9-10,12,14,16,21,23,26-27,29,31,36-37H,1-2,4-5,8,11,13,15,17-19H2,(H,34,38)/b6-3+/t21-,23+,26-,27-,29+,31-/m1/s1. The maximum atomic E-state index is 13.4. The highest BCUT2D eigenvalue weighted by Gasteiger charge is 2.42. The number of fused-ring (bicyclic) bond motifs is 4. The smallest absolute Gasteiger partial charge is 0.264 e. The van der Waals surface area contributed by atoms with E-state index in [-0.39, 0.29) is 29.7 Å². The molecule has 10 heteroatoms. The highest BCUT2D eigenvalue weighted by Crippen LogP contribution is 2.41. The van der Waals surface area contributed by atoms with Gasteiger partial charge in [-0.15, -0.1) is 0 Å². The molecule has 3 N–H and O–H groups in total. The summed E-state index contributed by atoms with van der Waals surface area (Å²) in [6, 6.07) is 10.9. The Balaban J connectivity index is 1.38. The molecule has 0 spiro atoms. The van der Waals surface area contributed by atoms with E-state index in [0.717, 1.165) is 55.5 Å². The fourth-order valence-corrected chi connectivity index (χ4v) is 9.05. The first-order valence-corrected chi connectivity index (χ1v) is 17.0. The number of benzene rings is 2. The zero-order valence-corrected chi connectivity index (χ0v) is 25.2. The van der Waals surface area contributed by atoms with Crippen LogP contribution < -0.4 is 14.4 Å². The summed E-state index contributed by atoms with van der Waals surface area (Å²) in [6.07, 6.45) is 7.76. The normalized spacial score (nSPS) is 32.1. The van der Waals surface area contributed by atoms with Gasteiger partial charge in [-0.1, -0.05) is 29.8 Å². The lowest BCUT2D eigenvalue weighted by molar-refractivity contribution is 0.0461. The molecule has 2 heterocycles. The average Bonchev–Trinajstić information content (AvgIpc) is 3.30. The van der Waals surface area contributed by atoms with Crippen molar-refractivity contribution < 1.29 is 28.2 Å². The maximum absolute atomic E-state index is 13.4. The van der Waals surface area contributed by atoms with Crippen LogP contribution in [-0.2, 0) is 23.1 Å². The number of aryl methyl sites for hydroxylation is 1. The van der Waals surface area contributed by atoms with E-state index in [4.69, 9.17) is 16.3 Å². The van der Waals surface area contributed by atoms with E-state index in [1.165, 1.54) is 0 Å². The van der Waals surface area contributed by atoms with Gasteiger partial charge in [-0.3, -0.25) is 4.79 Å². The van der Waals surface area contributed by atoms with Gasteiger partial charge in [0.2, 0.25) is 10.0 Å². The number of amides is 1. The number of aliphatic hydroxyl groups excluding tert-OH is 2. The third-order valence-electron chi connectivity index (χ3n) is 9.62. The molecule has 4 aliphatic rings. The summed E-state index contributed by atoms with van der Waals surface area (Å²) in [5.41, 5.74) is 3.20. The van der Waals surface area contributed by atoms with Crippen LogP contribution in [0.2, 0.25) is 5.02 Å². The number of ether oxygens (including phenoxy) is 1. The molecular weight excluding hydrogens is 576 g/mol. The van der Waals surface area contributed by atoms with Crippen LogP contribution in [0.15, 0.2) is 48.6 Å². The minimum absolute atomic E-state index is 0.0763. The highest BCUT2D eigenvalue weighted by molar-refractivity contribution is 7.90. The second-order valence-electron chi connectivity index (χ2n) is 12.3. The van der Waals surface area contributed by atoms with Crippen molar-refractivity contribution in [1.29, 1.82) is 0 Å². The Morgan fingerprint density at radius 2 is 1.86 bits per heavy atom. The van der Waals surface area contributed by atoms with Crippen molar-refractivity contribution in [3.8, 4) is 5.75 Å². The second-order valence-corrected chi connectivity index (χ2v) is 14.7. The van der Waals surface area contributed by atoms with Crippen LogP contribution >= 0.6 is 11.6 Å². The molecule has 0 radical (unpaired) electrons. The molecule has 2 saturated carbocycles. The van der Waals surface area contributed by atoms with Gasteiger partial charge in [0.05, 0.1) is 23.1 Å². The molecule has 6 atom stereocenters. The molecule has 2 aliphatic carbocycles. The van der Waals surface area contributed by atoms with Crippen molar-refractivity contribution in [1.82, 2.24) is 4.72 Å². The van der Waals surface area contributed by atoms with Crippen LogP contribution in [0.25, 0.3) is 0 Å². The van der Waals surface area contributed by atoms with Gasteiger partial charge < -0.3 is 19.8 Å². The molecule has 0 unspecified atom stereocenters. The first-order chi connectivity index (χ1) is 20.2. The molecule has 2 aliphatic heterocycles. The predicted molar refractivity (Wildman–Crippen MR) is 162 cm³/mol. The molecule has 0 saturated heterocycles. The van der Waals surface area contributed by atoms with Crippen LogP contribution in [0.5, 0.6) is 5.75 Å². The van der Waals surface area contributed by atoms with Gasteiger partial charge >= 0.3 is 0 Å². The molecule has 8 nitrogen and oxygen atoms in total. The SMILES string of the molecule is O=C1NS(=O)(=O)[C@@H]2C[C@H](O)C[C@H]2C/C=C/[C@H](O)[C@@H]2CC[C@H]2CN2CCCCc3cc(Cl)ccc3COc3ccc1cc32. The second kappa shape index (κ2) is 12.2. The van der Waals surface area contributed by atoms with Crippen LogP contribution in [-0.4, -0.2) is 55.1 Å². The van der Waals surface area contributed by atoms with E-state index in [1.807, 2.05) is 24.3 Å². The first-order valence-electron chi connectivity index (χ1n) is 15.1. The topological polar surface area (TPSA) is 116 Å². The van der Waals surface area contributed by atoms with E-state index in [0.29, 0.717) is 36.8 Å². The number of rotatable bonds is 0. The molecule has 42 heavy (non-hydrogen) atoms. The van der Waals surface area contributed by atoms with Gasteiger partial charge in [0.15, 0.2) is 0 Å². The largest absolute Gasteiger partial charge is 0.487 e. The molecule has 6 rings (SSSR count). The average molecular weight is 615 g/mol. The third kappa shape index (κ3) is 6.20. The summed E-state index contributed by atoms with van der Waals surface area (Å²) >= 11 is 6.30. The summed E-state index contributed by atoms with van der Waals surface area (Å²) in [5, 5.41) is 21.2. The van der Waals surface area contributed by atoms with Crippen LogP contribution in [0.3, 0.4) is 0 Å². The number of carbonyl (C=O) groups excluding carboxylic acids is 1. The Bertz CT molecular complexity index is 1460. The van der Waals surface area contributed by atoms with Gasteiger partial charge in [-0.05, 0) is 111 Å². The molecule has 0 aromatic heterocycles. The Hall–Kier alpha value is -2.59. The number of allylic oxidation sites excluding steroid dienone is 1. The maximum Gasteiger partial charge on any atom is 0.264 e. The van der Waals surface area contributed by atoms with Crippen molar-refractivity contribution in [2.75, 3.05) is 18.0 Å². The molecule has 2 aromatic rings. The third-order valence-corrected chi connectivity index (χ3v) is 11.7. The van der Waals surface area contributed by atoms with E-state index < -0.39 is 33.4 Å². The summed E-state index contributed by atoms with van der Waals surface area (Å²) < 4.78 is 35.5. The number of sulfonamides is 1. The van der Waals surface area contributed by atoms with Crippen molar-refractivity contribution >= 4 is 33.2 Å². The number of hydrogen-bond donors (Lipinski definition) is 3.